The maximum absolute atomic E-state index is 13.1. The molecule has 3 nitrogen and oxygen atoms in total. The minimum absolute atomic E-state index is 0.0120. The molecule has 2 unspecified atom stereocenters. The molecule has 0 radical (unpaired) electrons. The average Bonchev–Trinajstić information content (AvgIpc) is 2.28. The third-order valence-electron chi connectivity index (χ3n) is 2.92. The SMILES string of the molecule is CC(NC(CO)C(C)C)c1cc(F)ccc1O. The zero-order chi connectivity index (χ0) is 13.0. The summed E-state index contributed by atoms with van der Waals surface area (Å²) in [7, 11) is 0. The molecule has 0 amide bonds. The minimum Gasteiger partial charge on any atom is -0.508 e. The van der Waals surface area contributed by atoms with Crippen molar-refractivity contribution < 1.29 is 14.6 Å². The molecule has 17 heavy (non-hydrogen) atoms. The number of phenols is 1. The second-order valence-electron chi connectivity index (χ2n) is 4.62. The fourth-order valence-electron chi connectivity index (χ4n) is 1.74. The second kappa shape index (κ2) is 5.98. The van der Waals surface area contributed by atoms with Gasteiger partial charge in [-0.1, -0.05) is 13.8 Å². The molecule has 0 aliphatic rings. The Labute approximate surface area is 101 Å². The number of nitrogens with one attached hydrogen (secondary N) is 1. The van der Waals surface area contributed by atoms with Crippen molar-refractivity contribution in [2.45, 2.75) is 32.9 Å². The highest BCUT2D eigenvalue weighted by Gasteiger charge is 2.18. The van der Waals surface area contributed by atoms with Gasteiger partial charge in [-0.2, -0.15) is 0 Å². The van der Waals surface area contributed by atoms with Crippen LogP contribution in [-0.4, -0.2) is 22.9 Å². The summed E-state index contributed by atoms with van der Waals surface area (Å²) in [5, 5.41) is 22.1. The molecule has 0 bridgehead atoms. The Hall–Kier alpha value is -1.13. The summed E-state index contributed by atoms with van der Waals surface area (Å²) < 4.78 is 13.1. The van der Waals surface area contributed by atoms with Gasteiger partial charge in [0, 0.05) is 17.6 Å². The van der Waals surface area contributed by atoms with Crippen molar-refractivity contribution in [2.75, 3.05) is 6.61 Å². The van der Waals surface area contributed by atoms with E-state index in [2.05, 4.69) is 5.32 Å². The van der Waals surface area contributed by atoms with E-state index in [1.807, 2.05) is 20.8 Å². The van der Waals surface area contributed by atoms with Crippen LogP contribution in [0.15, 0.2) is 18.2 Å². The van der Waals surface area contributed by atoms with Crippen LogP contribution >= 0.6 is 0 Å². The lowest BCUT2D eigenvalue weighted by atomic mass is 10.0. The minimum atomic E-state index is -0.378. The van der Waals surface area contributed by atoms with Crippen LogP contribution in [0.5, 0.6) is 5.75 Å². The number of aliphatic hydroxyl groups is 1. The van der Waals surface area contributed by atoms with Crippen LogP contribution in [0.4, 0.5) is 4.39 Å². The Kier molecular flexibility index (Phi) is 4.90. The zero-order valence-electron chi connectivity index (χ0n) is 10.4. The van der Waals surface area contributed by atoms with E-state index in [-0.39, 0.29) is 36.2 Å². The van der Waals surface area contributed by atoms with Crippen molar-refractivity contribution in [3.8, 4) is 5.75 Å². The third kappa shape index (κ3) is 3.68. The Morgan fingerprint density at radius 3 is 2.47 bits per heavy atom. The molecule has 4 heteroatoms. The van der Waals surface area contributed by atoms with Gasteiger partial charge >= 0.3 is 0 Å². The molecule has 0 fully saturated rings. The van der Waals surface area contributed by atoms with Crippen LogP contribution in [0.3, 0.4) is 0 Å². The normalized spacial score (nSPS) is 14.9. The van der Waals surface area contributed by atoms with Gasteiger partial charge in [0.25, 0.3) is 0 Å². The van der Waals surface area contributed by atoms with Crippen molar-refractivity contribution in [2.24, 2.45) is 5.92 Å². The van der Waals surface area contributed by atoms with Gasteiger partial charge in [0.2, 0.25) is 0 Å². The van der Waals surface area contributed by atoms with Gasteiger partial charge in [-0.25, -0.2) is 4.39 Å². The lowest BCUT2D eigenvalue weighted by Crippen LogP contribution is -2.38. The Morgan fingerprint density at radius 1 is 1.29 bits per heavy atom. The summed E-state index contributed by atoms with van der Waals surface area (Å²) >= 11 is 0. The van der Waals surface area contributed by atoms with Crippen molar-refractivity contribution in [1.82, 2.24) is 5.32 Å². The van der Waals surface area contributed by atoms with Crippen LogP contribution in [0.25, 0.3) is 0 Å². The Morgan fingerprint density at radius 2 is 1.94 bits per heavy atom. The first-order valence-corrected chi connectivity index (χ1v) is 5.81. The van der Waals surface area contributed by atoms with Crippen molar-refractivity contribution in [1.29, 1.82) is 0 Å². The van der Waals surface area contributed by atoms with Crippen LogP contribution in [0.1, 0.15) is 32.4 Å². The molecule has 1 aromatic carbocycles. The van der Waals surface area contributed by atoms with Gasteiger partial charge in [-0.05, 0) is 31.0 Å². The molecule has 0 saturated carbocycles. The highest BCUT2D eigenvalue weighted by molar-refractivity contribution is 5.34. The van der Waals surface area contributed by atoms with E-state index in [9.17, 15) is 14.6 Å². The first kappa shape index (κ1) is 13.9. The number of halogens is 1. The molecular formula is C13H20FNO2. The first-order chi connectivity index (χ1) is 7.95. The molecule has 0 aliphatic carbocycles. The fourth-order valence-corrected chi connectivity index (χ4v) is 1.74. The summed E-state index contributed by atoms with van der Waals surface area (Å²) in [5.41, 5.74) is 0.504. The molecule has 0 aromatic heterocycles. The summed E-state index contributed by atoms with van der Waals surface area (Å²) in [5.74, 6) is -0.0541. The van der Waals surface area contributed by atoms with E-state index in [4.69, 9.17) is 0 Å². The van der Waals surface area contributed by atoms with Gasteiger partial charge in [0.1, 0.15) is 11.6 Å². The summed E-state index contributed by atoms with van der Waals surface area (Å²) in [6.45, 7) is 5.83. The second-order valence-corrected chi connectivity index (χ2v) is 4.62. The van der Waals surface area contributed by atoms with E-state index in [0.717, 1.165) is 0 Å². The maximum atomic E-state index is 13.1. The number of benzene rings is 1. The smallest absolute Gasteiger partial charge is 0.123 e. The topological polar surface area (TPSA) is 52.5 Å². The standard InChI is InChI=1S/C13H20FNO2/c1-8(2)12(7-16)15-9(3)11-6-10(14)4-5-13(11)17/h4-6,8-9,12,15-17H,7H2,1-3H3. The van der Waals surface area contributed by atoms with Gasteiger partial charge in [-0.15, -0.1) is 0 Å². The monoisotopic (exact) mass is 241 g/mol. The summed E-state index contributed by atoms with van der Waals surface area (Å²) in [6.07, 6.45) is 0. The molecule has 1 rings (SSSR count). The number of rotatable bonds is 5. The van der Waals surface area contributed by atoms with Crippen molar-refractivity contribution >= 4 is 0 Å². The molecular weight excluding hydrogens is 221 g/mol. The summed E-state index contributed by atoms with van der Waals surface area (Å²) in [4.78, 5) is 0. The molecule has 3 N–H and O–H groups in total. The molecule has 0 saturated heterocycles. The number of phenolic OH excluding ortho intramolecular Hbond substituents is 1. The lowest BCUT2D eigenvalue weighted by Gasteiger charge is -2.25. The molecule has 96 valence electrons. The number of hydrogen-bond donors (Lipinski definition) is 3. The van der Waals surface area contributed by atoms with Crippen LogP contribution in [-0.2, 0) is 0 Å². The van der Waals surface area contributed by atoms with E-state index in [0.29, 0.717) is 5.56 Å². The first-order valence-electron chi connectivity index (χ1n) is 5.81. The quantitative estimate of drug-likeness (QED) is 0.740. The molecule has 2 atom stereocenters. The fraction of sp³-hybridized carbons (Fsp3) is 0.538. The molecule has 0 aliphatic heterocycles. The number of aliphatic hydroxyl groups excluding tert-OH is 1. The summed E-state index contributed by atoms with van der Waals surface area (Å²) in [6, 6.07) is 3.57. The van der Waals surface area contributed by atoms with Crippen LogP contribution in [0.2, 0.25) is 0 Å². The predicted octanol–water partition coefficient (Wildman–Crippen LogP) is 2.20. The number of aromatic hydroxyl groups is 1. The lowest BCUT2D eigenvalue weighted by molar-refractivity contribution is 0.201. The van der Waals surface area contributed by atoms with E-state index < -0.39 is 0 Å². The molecule has 0 heterocycles. The number of hydrogen-bond acceptors (Lipinski definition) is 3. The highest BCUT2D eigenvalue weighted by Crippen LogP contribution is 2.25. The van der Waals surface area contributed by atoms with Crippen LogP contribution < -0.4 is 5.32 Å². The van der Waals surface area contributed by atoms with Gasteiger partial charge < -0.3 is 15.5 Å². The van der Waals surface area contributed by atoms with E-state index in [1.54, 1.807) is 0 Å². The van der Waals surface area contributed by atoms with Gasteiger partial charge in [-0.3, -0.25) is 0 Å². The largest absolute Gasteiger partial charge is 0.508 e. The Bertz CT molecular complexity index is 368. The van der Waals surface area contributed by atoms with E-state index >= 15 is 0 Å². The zero-order valence-corrected chi connectivity index (χ0v) is 10.4. The van der Waals surface area contributed by atoms with E-state index in [1.165, 1.54) is 18.2 Å². The molecule has 0 spiro atoms. The predicted molar refractivity (Wildman–Crippen MR) is 65.3 cm³/mol. The average molecular weight is 241 g/mol. The van der Waals surface area contributed by atoms with Crippen molar-refractivity contribution in [3.05, 3.63) is 29.6 Å². The molecule has 1 aromatic rings. The highest BCUT2D eigenvalue weighted by atomic mass is 19.1. The van der Waals surface area contributed by atoms with Crippen LogP contribution in [0, 0.1) is 11.7 Å². The van der Waals surface area contributed by atoms with Gasteiger partial charge in [0.15, 0.2) is 0 Å². The van der Waals surface area contributed by atoms with Gasteiger partial charge in [0.05, 0.1) is 6.61 Å². The maximum Gasteiger partial charge on any atom is 0.123 e. The third-order valence-corrected chi connectivity index (χ3v) is 2.92. The van der Waals surface area contributed by atoms with Crippen molar-refractivity contribution in [3.63, 3.8) is 0 Å². The Balaban J connectivity index is 2.81.